The van der Waals surface area contributed by atoms with Gasteiger partial charge >= 0.3 is 0 Å². The lowest BCUT2D eigenvalue weighted by atomic mass is 9.86. The van der Waals surface area contributed by atoms with E-state index in [1.165, 1.54) is 44.9 Å². The third kappa shape index (κ3) is 2.41. The first-order valence-corrected chi connectivity index (χ1v) is 6.46. The van der Waals surface area contributed by atoms with E-state index in [2.05, 4.69) is 11.8 Å². The van der Waals surface area contributed by atoms with Gasteiger partial charge in [0.2, 0.25) is 0 Å². The van der Waals surface area contributed by atoms with Crippen molar-refractivity contribution in [1.82, 2.24) is 4.90 Å². The van der Waals surface area contributed by atoms with Crippen LogP contribution in [0.2, 0.25) is 0 Å². The molecule has 0 amide bonds. The second-order valence-corrected chi connectivity index (χ2v) is 5.50. The van der Waals surface area contributed by atoms with Gasteiger partial charge in [0, 0.05) is 18.0 Å². The Kier molecular flexibility index (Phi) is 3.45. The molecule has 0 radical (unpaired) electrons. The Morgan fingerprint density at radius 1 is 1.27 bits per heavy atom. The number of likely N-dealkylation sites (tertiary alicyclic amines) is 1. The average molecular weight is 209 g/mol. The zero-order valence-corrected chi connectivity index (χ0v) is 9.87. The van der Waals surface area contributed by atoms with Crippen LogP contribution in [0.15, 0.2) is 0 Å². The zero-order chi connectivity index (χ0) is 10.7. The zero-order valence-electron chi connectivity index (χ0n) is 9.87. The van der Waals surface area contributed by atoms with Gasteiger partial charge in [-0.1, -0.05) is 19.3 Å². The van der Waals surface area contributed by atoms with Crippen LogP contribution in [0.3, 0.4) is 0 Å². The standard InChI is InChI=1S/C13H23NO/c1-12-6-2-5-9-14(12)10-13(11-15)7-3-4-8-13/h11-12H,2-10H2,1H3. The van der Waals surface area contributed by atoms with E-state index in [0.29, 0.717) is 6.04 Å². The summed E-state index contributed by atoms with van der Waals surface area (Å²) in [7, 11) is 0. The average Bonchev–Trinajstić information content (AvgIpc) is 2.71. The highest BCUT2D eigenvalue weighted by Gasteiger charge is 2.36. The van der Waals surface area contributed by atoms with E-state index in [9.17, 15) is 4.79 Å². The molecule has 2 heteroatoms. The molecule has 1 aliphatic heterocycles. The summed E-state index contributed by atoms with van der Waals surface area (Å²) in [6.07, 6.45) is 10.0. The molecule has 0 aromatic carbocycles. The van der Waals surface area contributed by atoms with Crippen LogP contribution < -0.4 is 0 Å². The van der Waals surface area contributed by atoms with Crippen molar-refractivity contribution < 1.29 is 4.79 Å². The van der Waals surface area contributed by atoms with Crippen molar-refractivity contribution in [2.75, 3.05) is 13.1 Å². The fraction of sp³-hybridized carbons (Fsp3) is 0.923. The highest BCUT2D eigenvalue weighted by Crippen LogP contribution is 2.38. The molecule has 0 aromatic rings. The van der Waals surface area contributed by atoms with Gasteiger partial charge in [0.05, 0.1) is 0 Å². The molecule has 15 heavy (non-hydrogen) atoms. The highest BCUT2D eigenvalue weighted by atomic mass is 16.1. The summed E-state index contributed by atoms with van der Waals surface area (Å²) in [5.41, 5.74) is 0.0194. The number of carbonyl (C=O) groups is 1. The molecule has 0 N–H and O–H groups in total. The minimum absolute atomic E-state index is 0.0194. The largest absolute Gasteiger partial charge is 0.303 e. The molecule has 1 aliphatic carbocycles. The third-order valence-electron chi connectivity index (χ3n) is 4.31. The Morgan fingerprint density at radius 3 is 2.60 bits per heavy atom. The predicted molar refractivity (Wildman–Crippen MR) is 61.9 cm³/mol. The maximum Gasteiger partial charge on any atom is 0.127 e. The molecule has 0 spiro atoms. The minimum Gasteiger partial charge on any atom is -0.303 e. The molecular formula is C13H23NO. The number of carbonyl (C=O) groups excluding carboxylic acids is 1. The first-order valence-electron chi connectivity index (χ1n) is 6.46. The van der Waals surface area contributed by atoms with Gasteiger partial charge < -0.3 is 4.79 Å². The van der Waals surface area contributed by atoms with Crippen LogP contribution in [0.4, 0.5) is 0 Å². The van der Waals surface area contributed by atoms with E-state index in [0.717, 1.165) is 19.4 Å². The lowest BCUT2D eigenvalue weighted by Gasteiger charge is -2.38. The fourth-order valence-corrected chi connectivity index (χ4v) is 3.19. The number of rotatable bonds is 3. The van der Waals surface area contributed by atoms with Gasteiger partial charge in [0.1, 0.15) is 6.29 Å². The minimum atomic E-state index is 0.0194. The second kappa shape index (κ2) is 4.65. The van der Waals surface area contributed by atoms with Gasteiger partial charge in [-0.2, -0.15) is 0 Å². The SMILES string of the molecule is CC1CCCCN1CC1(C=O)CCCC1. The van der Waals surface area contributed by atoms with Crippen molar-refractivity contribution in [3.63, 3.8) is 0 Å². The van der Waals surface area contributed by atoms with Crippen LogP contribution in [-0.4, -0.2) is 30.3 Å². The Bertz CT molecular complexity index is 221. The number of hydrogen-bond donors (Lipinski definition) is 0. The van der Waals surface area contributed by atoms with Gasteiger partial charge in [0.25, 0.3) is 0 Å². The van der Waals surface area contributed by atoms with Crippen molar-refractivity contribution >= 4 is 6.29 Å². The van der Waals surface area contributed by atoms with Crippen molar-refractivity contribution in [3.8, 4) is 0 Å². The second-order valence-electron chi connectivity index (χ2n) is 5.50. The quantitative estimate of drug-likeness (QED) is 0.666. The molecular weight excluding hydrogens is 186 g/mol. The van der Waals surface area contributed by atoms with Crippen LogP contribution >= 0.6 is 0 Å². The number of aldehydes is 1. The summed E-state index contributed by atoms with van der Waals surface area (Å²) in [4.78, 5) is 13.8. The maximum absolute atomic E-state index is 11.3. The normalized spacial score (nSPS) is 31.7. The molecule has 1 saturated heterocycles. The van der Waals surface area contributed by atoms with E-state index >= 15 is 0 Å². The molecule has 2 fully saturated rings. The third-order valence-corrected chi connectivity index (χ3v) is 4.31. The van der Waals surface area contributed by atoms with Gasteiger partial charge in [-0.15, -0.1) is 0 Å². The highest BCUT2D eigenvalue weighted by molar-refractivity contribution is 5.60. The van der Waals surface area contributed by atoms with Crippen molar-refractivity contribution in [2.24, 2.45) is 5.41 Å². The molecule has 2 rings (SSSR count). The summed E-state index contributed by atoms with van der Waals surface area (Å²) in [5.74, 6) is 0. The topological polar surface area (TPSA) is 20.3 Å². The first-order chi connectivity index (χ1) is 7.26. The number of hydrogen-bond acceptors (Lipinski definition) is 2. The Hall–Kier alpha value is -0.370. The van der Waals surface area contributed by atoms with E-state index < -0.39 is 0 Å². The van der Waals surface area contributed by atoms with E-state index in [4.69, 9.17) is 0 Å². The summed E-state index contributed by atoms with van der Waals surface area (Å²) in [6, 6.07) is 0.691. The van der Waals surface area contributed by atoms with Gasteiger partial charge in [-0.3, -0.25) is 4.90 Å². The molecule has 86 valence electrons. The van der Waals surface area contributed by atoms with E-state index in [-0.39, 0.29) is 5.41 Å². The summed E-state index contributed by atoms with van der Waals surface area (Å²) in [6.45, 7) is 4.54. The molecule has 2 aliphatic rings. The molecule has 1 saturated carbocycles. The van der Waals surface area contributed by atoms with Crippen LogP contribution in [0.1, 0.15) is 51.9 Å². The van der Waals surface area contributed by atoms with E-state index in [1.54, 1.807) is 0 Å². The first kappa shape index (κ1) is 11.1. The summed E-state index contributed by atoms with van der Waals surface area (Å²) >= 11 is 0. The lowest BCUT2D eigenvalue weighted by Crippen LogP contribution is -2.44. The molecule has 1 heterocycles. The van der Waals surface area contributed by atoms with Crippen LogP contribution in [-0.2, 0) is 4.79 Å². The monoisotopic (exact) mass is 209 g/mol. The molecule has 0 aromatic heterocycles. The Morgan fingerprint density at radius 2 is 2.00 bits per heavy atom. The van der Waals surface area contributed by atoms with Gasteiger partial charge in [-0.05, 0) is 39.2 Å². The van der Waals surface area contributed by atoms with E-state index in [1.807, 2.05) is 0 Å². The van der Waals surface area contributed by atoms with Crippen LogP contribution in [0.5, 0.6) is 0 Å². The van der Waals surface area contributed by atoms with Crippen LogP contribution in [0, 0.1) is 5.41 Å². The molecule has 2 nitrogen and oxygen atoms in total. The van der Waals surface area contributed by atoms with Crippen molar-refractivity contribution in [2.45, 2.75) is 57.9 Å². The molecule has 0 bridgehead atoms. The lowest BCUT2D eigenvalue weighted by molar-refractivity contribution is -0.117. The number of piperidine rings is 1. The number of nitrogens with zero attached hydrogens (tertiary/aromatic N) is 1. The van der Waals surface area contributed by atoms with Crippen LogP contribution in [0.25, 0.3) is 0 Å². The van der Waals surface area contributed by atoms with Gasteiger partial charge in [-0.25, -0.2) is 0 Å². The summed E-state index contributed by atoms with van der Waals surface area (Å²) < 4.78 is 0. The fourth-order valence-electron chi connectivity index (χ4n) is 3.19. The predicted octanol–water partition coefficient (Wildman–Crippen LogP) is 2.62. The van der Waals surface area contributed by atoms with Gasteiger partial charge in [0.15, 0.2) is 0 Å². The van der Waals surface area contributed by atoms with Crippen molar-refractivity contribution in [3.05, 3.63) is 0 Å². The summed E-state index contributed by atoms with van der Waals surface area (Å²) in [5, 5.41) is 0. The Labute approximate surface area is 93.0 Å². The maximum atomic E-state index is 11.3. The smallest absolute Gasteiger partial charge is 0.127 e. The molecule has 1 unspecified atom stereocenters. The molecule has 1 atom stereocenters. The Balaban J connectivity index is 1.96. The van der Waals surface area contributed by atoms with Crippen molar-refractivity contribution in [1.29, 1.82) is 0 Å².